The van der Waals surface area contributed by atoms with Gasteiger partial charge in [0.1, 0.15) is 61.2 Å². The van der Waals surface area contributed by atoms with Crippen LogP contribution in [-0.2, 0) is 32.4 Å². The van der Waals surface area contributed by atoms with Crippen molar-refractivity contribution in [1.29, 1.82) is 0 Å². The van der Waals surface area contributed by atoms with Crippen molar-refractivity contribution in [3.05, 3.63) is 25.3 Å². The quantitative estimate of drug-likeness (QED) is 0.124. The lowest BCUT2D eigenvalue weighted by molar-refractivity contribution is -0.110. The third-order valence-electron chi connectivity index (χ3n) is 6.90. The maximum absolute atomic E-state index is 13.4. The molecule has 6 atom stereocenters. The molecule has 0 unspecified atom stereocenters. The molecule has 2 aliphatic rings. The summed E-state index contributed by atoms with van der Waals surface area (Å²) in [5.41, 5.74) is 13.3. The summed E-state index contributed by atoms with van der Waals surface area (Å²) < 4.78 is 44.3. The summed E-state index contributed by atoms with van der Waals surface area (Å²) in [7, 11) is -4.37. The summed E-state index contributed by atoms with van der Waals surface area (Å²) in [5, 5.41) is 21.2. The molecule has 2 saturated heterocycles. The number of nitrogens with zero attached hydrogens (tertiary/aromatic N) is 8. The Bertz CT molecular complexity index is 1520. The molecule has 2 fully saturated rings. The molecule has 2 aliphatic heterocycles. The van der Waals surface area contributed by atoms with Crippen LogP contribution in [0.1, 0.15) is 25.3 Å². The van der Waals surface area contributed by atoms with Gasteiger partial charge in [0.25, 0.3) is 0 Å². The highest BCUT2D eigenvalue weighted by atomic mass is 31.2. The fourth-order valence-corrected chi connectivity index (χ4v) is 5.92. The van der Waals surface area contributed by atoms with E-state index in [0.717, 1.165) is 0 Å². The fourth-order valence-electron chi connectivity index (χ4n) is 4.80. The van der Waals surface area contributed by atoms with Crippen molar-refractivity contribution >= 4 is 48.1 Å². The Morgan fingerprint density at radius 2 is 1.31 bits per heavy atom. The van der Waals surface area contributed by atoms with Gasteiger partial charge in [-0.25, -0.2) is 34.5 Å². The Kier molecular flexibility index (Phi) is 7.81. The highest BCUT2D eigenvalue weighted by molar-refractivity contribution is 7.48. The van der Waals surface area contributed by atoms with Gasteiger partial charge in [-0.1, -0.05) is 0 Å². The normalized spacial score (nSPS) is 26.4. The highest BCUT2D eigenvalue weighted by Crippen LogP contribution is 2.50. The van der Waals surface area contributed by atoms with Gasteiger partial charge in [-0.15, -0.1) is 0 Å². The minimum Gasteiger partial charge on any atom is -0.390 e. The van der Waals surface area contributed by atoms with Crippen LogP contribution in [-0.4, -0.2) is 99.8 Å². The van der Waals surface area contributed by atoms with E-state index in [2.05, 4.69) is 29.9 Å². The van der Waals surface area contributed by atoms with Gasteiger partial charge in [0.2, 0.25) is 0 Å². The number of hydrogen-bond acceptors (Lipinski definition) is 17. The van der Waals surface area contributed by atoms with Crippen molar-refractivity contribution in [2.45, 2.75) is 49.7 Å². The van der Waals surface area contributed by atoms with Crippen LogP contribution in [0, 0.1) is 0 Å². The summed E-state index contributed by atoms with van der Waals surface area (Å²) in [4.78, 5) is 35.5. The largest absolute Gasteiger partial charge is 0.475 e. The zero-order valence-electron chi connectivity index (χ0n) is 21.8. The first kappa shape index (κ1) is 28.4. The molecule has 6 rings (SSSR count). The number of phosphoric ester groups is 1. The Labute approximate surface area is 236 Å². The standard InChI is InChI=1S/C22H27N10O9P/c23-19-17-21(27-7-25-19)31(9-29-17)15-3-11(34)13(40-15)5-38-42(36,37-2-1-33)39-6-14-12(35)4-16(41-14)32-10-30-18-20(24)26-8-28-22(18)32/h1,7-16,34-35H,2-6H2,(H2,23,25,27)(H2,24,26,28)/t11-,12-,13+,14+,15+,16+/m0/s1. The number of carbonyl (C=O) groups is 1. The number of aliphatic hydroxyl groups excluding tert-OH is 2. The molecule has 20 heteroatoms. The number of imidazole rings is 2. The van der Waals surface area contributed by atoms with E-state index < -0.39 is 64.5 Å². The van der Waals surface area contributed by atoms with Gasteiger partial charge >= 0.3 is 7.82 Å². The first-order valence-corrected chi connectivity index (χ1v) is 14.2. The molecule has 224 valence electrons. The Hall–Kier alpha value is -3.68. The van der Waals surface area contributed by atoms with Crippen LogP contribution in [0.4, 0.5) is 11.6 Å². The first-order valence-electron chi connectivity index (χ1n) is 12.8. The van der Waals surface area contributed by atoms with Crippen LogP contribution in [0.3, 0.4) is 0 Å². The second kappa shape index (κ2) is 11.5. The molecule has 42 heavy (non-hydrogen) atoms. The number of phosphoric acid groups is 1. The van der Waals surface area contributed by atoms with E-state index in [1.54, 1.807) is 9.13 Å². The zero-order valence-corrected chi connectivity index (χ0v) is 22.7. The molecule has 6 heterocycles. The number of rotatable bonds is 11. The molecule has 0 aliphatic carbocycles. The van der Waals surface area contributed by atoms with Crippen molar-refractivity contribution in [3.8, 4) is 0 Å². The number of aromatic nitrogens is 8. The molecule has 0 amide bonds. The second-order valence-electron chi connectivity index (χ2n) is 9.53. The van der Waals surface area contributed by atoms with Gasteiger partial charge in [-0.05, 0) is 0 Å². The van der Waals surface area contributed by atoms with Crippen LogP contribution < -0.4 is 11.5 Å². The van der Waals surface area contributed by atoms with Crippen LogP contribution in [0.25, 0.3) is 22.3 Å². The maximum Gasteiger partial charge on any atom is 0.475 e. The van der Waals surface area contributed by atoms with E-state index in [1.165, 1.54) is 25.3 Å². The number of nitrogens with two attached hydrogens (primary N) is 2. The minimum absolute atomic E-state index is 0.146. The van der Waals surface area contributed by atoms with Crippen molar-refractivity contribution in [2.24, 2.45) is 0 Å². The van der Waals surface area contributed by atoms with Crippen molar-refractivity contribution in [1.82, 2.24) is 39.0 Å². The van der Waals surface area contributed by atoms with Gasteiger partial charge in [-0.2, -0.15) is 0 Å². The number of ether oxygens (including phenoxy) is 2. The van der Waals surface area contributed by atoms with E-state index >= 15 is 0 Å². The van der Waals surface area contributed by atoms with E-state index in [0.29, 0.717) is 28.6 Å². The lowest BCUT2D eigenvalue weighted by Crippen LogP contribution is -2.28. The molecule has 0 bridgehead atoms. The molecule has 4 aromatic rings. The topological polar surface area (TPSA) is 260 Å². The lowest BCUT2D eigenvalue weighted by Gasteiger charge is -2.22. The van der Waals surface area contributed by atoms with E-state index in [-0.39, 0.29) is 24.5 Å². The molecule has 0 saturated carbocycles. The summed E-state index contributed by atoms with van der Waals surface area (Å²) in [6.45, 7) is -1.40. The van der Waals surface area contributed by atoms with E-state index in [4.69, 9.17) is 34.5 Å². The molecular weight excluding hydrogens is 579 g/mol. The SMILES string of the molecule is Nc1ncnc2c1ncn2[C@H]1C[C@H](O)[C@@H](COP(=O)(OCC=O)OC[C@H]2O[C@@H](n3cnc4c(N)ncnc43)C[C@@H]2O)O1. The van der Waals surface area contributed by atoms with E-state index in [9.17, 15) is 19.6 Å². The zero-order chi connectivity index (χ0) is 29.4. The number of nitrogen functional groups attached to an aromatic ring is 2. The molecular formula is C22H27N10O9P. The number of fused-ring (bicyclic) bond motifs is 2. The maximum atomic E-state index is 13.4. The second-order valence-corrected chi connectivity index (χ2v) is 11.2. The molecule has 0 radical (unpaired) electrons. The number of aliphatic hydroxyl groups is 2. The fraction of sp³-hybridized carbons (Fsp3) is 0.500. The van der Waals surface area contributed by atoms with Crippen LogP contribution in [0.5, 0.6) is 0 Å². The minimum atomic E-state index is -4.37. The third kappa shape index (κ3) is 5.43. The summed E-state index contributed by atoms with van der Waals surface area (Å²) in [5.74, 6) is 0.393. The molecule has 0 spiro atoms. The highest BCUT2D eigenvalue weighted by Gasteiger charge is 2.41. The van der Waals surface area contributed by atoms with Gasteiger partial charge in [-0.3, -0.25) is 22.7 Å². The summed E-state index contributed by atoms with van der Waals surface area (Å²) in [6, 6.07) is 0. The van der Waals surface area contributed by atoms with E-state index in [1.807, 2.05) is 0 Å². The van der Waals surface area contributed by atoms with Gasteiger partial charge < -0.3 is 35.9 Å². The Morgan fingerprint density at radius 3 is 1.76 bits per heavy atom. The lowest BCUT2D eigenvalue weighted by atomic mass is 10.2. The number of aldehydes is 1. The molecule has 4 aromatic heterocycles. The van der Waals surface area contributed by atoms with Crippen molar-refractivity contribution in [2.75, 3.05) is 31.3 Å². The average molecular weight is 606 g/mol. The van der Waals surface area contributed by atoms with Crippen molar-refractivity contribution < 1.29 is 42.6 Å². The molecule has 19 nitrogen and oxygen atoms in total. The van der Waals surface area contributed by atoms with Crippen LogP contribution in [0.2, 0.25) is 0 Å². The Balaban J connectivity index is 1.08. The summed E-state index contributed by atoms with van der Waals surface area (Å²) in [6.07, 6.45) is 0.898. The smallest absolute Gasteiger partial charge is 0.390 e. The third-order valence-corrected chi connectivity index (χ3v) is 8.29. The van der Waals surface area contributed by atoms with Gasteiger partial charge in [0, 0.05) is 12.8 Å². The predicted octanol–water partition coefficient (Wildman–Crippen LogP) is -0.516. The van der Waals surface area contributed by atoms with Gasteiger partial charge in [0.05, 0.1) is 38.1 Å². The molecule has 0 aromatic carbocycles. The first-order chi connectivity index (χ1) is 20.3. The van der Waals surface area contributed by atoms with Crippen LogP contribution >= 0.6 is 7.82 Å². The van der Waals surface area contributed by atoms with Gasteiger partial charge in [0.15, 0.2) is 22.9 Å². The number of carbonyl (C=O) groups excluding carboxylic acids is 1. The number of anilines is 2. The van der Waals surface area contributed by atoms with Crippen LogP contribution in [0.15, 0.2) is 25.3 Å². The average Bonchev–Trinajstić information content (AvgIpc) is 3.75. The van der Waals surface area contributed by atoms with Crippen molar-refractivity contribution in [3.63, 3.8) is 0 Å². The Morgan fingerprint density at radius 1 is 0.833 bits per heavy atom. The molecule has 6 N–H and O–H groups in total. The summed E-state index contributed by atoms with van der Waals surface area (Å²) >= 11 is 0. The predicted molar refractivity (Wildman–Crippen MR) is 140 cm³/mol. The number of hydrogen-bond donors (Lipinski definition) is 4. The monoisotopic (exact) mass is 606 g/mol.